The molecule has 1 aromatic carbocycles. The van der Waals surface area contributed by atoms with Crippen molar-refractivity contribution in [1.82, 2.24) is 15.3 Å². The Morgan fingerprint density at radius 1 is 1.16 bits per heavy atom. The predicted octanol–water partition coefficient (Wildman–Crippen LogP) is 2.08. The zero-order valence-corrected chi connectivity index (χ0v) is 11.7. The van der Waals surface area contributed by atoms with Crippen LogP contribution in [0.4, 0.5) is 5.95 Å². The molecular formula is C13H13BrN4O. The Bertz CT molecular complexity index is 547. The molecule has 0 aliphatic heterocycles. The number of nitrogens with zero attached hydrogens (tertiary/aromatic N) is 2. The van der Waals surface area contributed by atoms with Gasteiger partial charge in [0.15, 0.2) is 0 Å². The summed E-state index contributed by atoms with van der Waals surface area (Å²) in [5.41, 5.74) is 0.630. The largest absolute Gasteiger partial charge is 0.352 e. The van der Waals surface area contributed by atoms with E-state index in [0.717, 1.165) is 4.47 Å². The highest BCUT2D eigenvalue weighted by molar-refractivity contribution is 9.10. The topological polar surface area (TPSA) is 66.9 Å². The second-order valence-corrected chi connectivity index (χ2v) is 4.68. The highest BCUT2D eigenvalue weighted by Gasteiger charge is 2.04. The van der Waals surface area contributed by atoms with Gasteiger partial charge in [0, 0.05) is 35.5 Å². The first-order valence-electron chi connectivity index (χ1n) is 5.80. The second-order valence-electron chi connectivity index (χ2n) is 3.77. The molecule has 0 saturated carbocycles. The molecule has 6 heteroatoms. The first-order valence-corrected chi connectivity index (χ1v) is 6.59. The third-order valence-corrected chi connectivity index (χ3v) is 2.84. The summed E-state index contributed by atoms with van der Waals surface area (Å²) in [6.45, 7) is 1.08. The van der Waals surface area contributed by atoms with E-state index in [-0.39, 0.29) is 5.91 Å². The van der Waals surface area contributed by atoms with Crippen molar-refractivity contribution in [2.45, 2.75) is 0 Å². The summed E-state index contributed by atoms with van der Waals surface area (Å²) in [5.74, 6) is 0.455. The highest BCUT2D eigenvalue weighted by atomic mass is 79.9. The molecule has 5 nitrogen and oxygen atoms in total. The number of halogens is 1. The summed E-state index contributed by atoms with van der Waals surface area (Å²) in [4.78, 5) is 19.9. The Morgan fingerprint density at radius 2 is 1.95 bits per heavy atom. The van der Waals surface area contributed by atoms with Crippen LogP contribution in [-0.4, -0.2) is 29.0 Å². The van der Waals surface area contributed by atoms with Gasteiger partial charge in [0.1, 0.15) is 0 Å². The quantitative estimate of drug-likeness (QED) is 0.828. The standard InChI is InChI=1S/C13H13BrN4O/c14-11-4-1-3-10(9-11)12(19)15-7-8-18-13-16-5-2-6-17-13/h1-6,9H,7-8H2,(H,15,19)(H,16,17,18). The van der Waals surface area contributed by atoms with Crippen molar-refractivity contribution in [2.75, 3.05) is 18.4 Å². The van der Waals surface area contributed by atoms with Gasteiger partial charge in [-0.05, 0) is 24.3 Å². The number of carbonyl (C=O) groups is 1. The van der Waals surface area contributed by atoms with Crippen LogP contribution in [0.1, 0.15) is 10.4 Å². The maximum atomic E-state index is 11.8. The first kappa shape index (κ1) is 13.5. The molecular weight excluding hydrogens is 308 g/mol. The number of carbonyl (C=O) groups excluding carboxylic acids is 1. The van der Waals surface area contributed by atoms with Gasteiger partial charge in [-0.1, -0.05) is 22.0 Å². The summed E-state index contributed by atoms with van der Waals surface area (Å²) in [6, 6.07) is 9.01. The molecule has 0 bridgehead atoms. The van der Waals surface area contributed by atoms with E-state index >= 15 is 0 Å². The van der Waals surface area contributed by atoms with Crippen LogP contribution in [-0.2, 0) is 0 Å². The third kappa shape index (κ3) is 4.33. The van der Waals surface area contributed by atoms with Crippen molar-refractivity contribution >= 4 is 27.8 Å². The van der Waals surface area contributed by atoms with E-state index in [0.29, 0.717) is 24.6 Å². The molecule has 2 aromatic rings. The molecule has 0 radical (unpaired) electrons. The number of rotatable bonds is 5. The fourth-order valence-corrected chi connectivity index (χ4v) is 1.87. The van der Waals surface area contributed by atoms with Gasteiger partial charge in [0.05, 0.1) is 0 Å². The van der Waals surface area contributed by atoms with E-state index in [1.165, 1.54) is 0 Å². The van der Waals surface area contributed by atoms with Crippen molar-refractivity contribution in [3.63, 3.8) is 0 Å². The number of aromatic nitrogens is 2. The Balaban J connectivity index is 1.75. The van der Waals surface area contributed by atoms with Crippen molar-refractivity contribution in [3.05, 3.63) is 52.8 Å². The molecule has 0 unspecified atom stereocenters. The van der Waals surface area contributed by atoms with Crippen LogP contribution in [0.15, 0.2) is 47.2 Å². The highest BCUT2D eigenvalue weighted by Crippen LogP contribution is 2.11. The van der Waals surface area contributed by atoms with Crippen molar-refractivity contribution < 1.29 is 4.79 Å². The lowest BCUT2D eigenvalue weighted by molar-refractivity contribution is 0.0955. The van der Waals surface area contributed by atoms with Gasteiger partial charge in [0.2, 0.25) is 5.95 Å². The van der Waals surface area contributed by atoms with Crippen LogP contribution >= 0.6 is 15.9 Å². The predicted molar refractivity (Wildman–Crippen MR) is 77.0 cm³/mol. The van der Waals surface area contributed by atoms with Crippen LogP contribution in [0, 0.1) is 0 Å². The average molecular weight is 321 g/mol. The summed E-state index contributed by atoms with van der Waals surface area (Å²) in [6.07, 6.45) is 3.32. The number of hydrogen-bond donors (Lipinski definition) is 2. The van der Waals surface area contributed by atoms with E-state index in [1.54, 1.807) is 30.6 Å². The maximum absolute atomic E-state index is 11.8. The normalized spacial score (nSPS) is 9.95. The Kier molecular flexibility index (Phi) is 4.85. The van der Waals surface area contributed by atoms with Gasteiger partial charge in [-0.15, -0.1) is 0 Å². The maximum Gasteiger partial charge on any atom is 0.251 e. The summed E-state index contributed by atoms with van der Waals surface area (Å²) >= 11 is 3.33. The van der Waals surface area contributed by atoms with Gasteiger partial charge >= 0.3 is 0 Å². The van der Waals surface area contributed by atoms with Gasteiger partial charge in [-0.25, -0.2) is 9.97 Å². The molecule has 19 heavy (non-hydrogen) atoms. The minimum absolute atomic E-state index is 0.0999. The zero-order chi connectivity index (χ0) is 13.5. The fourth-order valence-electron chi connectivity index (χ4n) is 1.47. The second kappa shape index (κ2) is 6.84. The molecule has 0 atom stereocenters. The molecule has 1 aromatic heterocycles. The van der Waals surface area contributed by atoms with E-state index in [2.05, 4.69) is 36.5 Å². The van der Waals surface area contributed by atoms with E-state index in [4.69, 9.17) is 0 Å². The molecule has 1 heterocycles. The van der Waals surface area contributed by atoms with Crippen LogP contribution in [0.5, 0.6) is 0 Å². The Labute approximate surface area is 119 Å². The molecule has 0 fully saturated rings. The Hall–Kier alpha value is -1.95. The number of anilines is 1. The van der Waals surface area contributed by atoms with Crippen molar-refractivity contribution in [2.24, 2.45) is 0 Å². The molecule has 0 spiro atoms. The zero-order valence-electron chi connectivity index (χ0n) is 10.1. The van der Waals surface area contributed by atoms with E-state index < -0.39 is 0 Å². The SMILES string of the molecule is O=C(NCCNc1ncccn1)c1cccc(Br)c1. The van der Waals surface area contributed by atoms with Crippen molar-refractivity contribution in [3.8, 4) is 0 Å². The summed E-state index contributed by atoms with van der Waals surface area (Å²) < 4.78 is 0.885. The lowest BCUT2D eigenvalue weighted by Gasteiger charge is -2.06. The summed E-state index contributed by atoms with van der Waals surface area (Å²) in [7, 11) is 0. The fraction of sp³-hybridized carbons (Fsp3) is 0.154. The van der Waals surface area contributed by atoms with Gasteiger partial charge < -0.3 is 10.6 Å². The smallest absolute Gasteiger partial charge is 0.251 e. The molecule has 0 saturated heterocycles. The van der Waals surface area contributed by atoms with E-state index in [1.807, 2.05) is 12.1 Å². The molecule has 0 aliphatic rings. The molecule has 2 rings (SSSR count). The molecule has 1 amide bonds. The first-order chi connectivity index (χ1) is 9.25. The summed E-state index contributed by atoms with van der Waals surface area (Å²) in [5, 5.41) is 5.84. The average Bonchev–Trinajstić information content (AvgIpc) is 2.44. The van der Waals surface area contributed by atoms with Gasteiger partial charge in [-0.3, -0.25) is 4.79 Å². The minimum atomic E-state index is -0.0999. The number of nitrogens with one attached hydrogen (secondary N) is 2. The number of hydrogen-bond acceptors (Lipinski definition) is 4. The number of amides is 1. The monoisotopic (exact) mass is 320 g/mol. The third-order valence-electron chi connectivity index (χ3n) is 2.35. The van der Waals surface area contributed by atoms with Crippen molar-refractivity contribution in [1.29, 1.82) is 0 Å². The minimum Gasteiger partial charge on any atom is -0.352 e. The van der Waals surface area contributed by atoms with Gasteiger partial charge in [0.25, 0.3) is 5.91 Å². The lowest BCUT2D eigenvalue weighted by atomic mass is 10.2. The Morgan fingerprint density at radius 3 is 2.68 bits per heavy atom. The van der Waals surface area contributed by atoms with Crippen LogP contribution in [0.25, 0.3) is 0 Å². The molecule has 0 aliphatic carbocycles. The lowest BCUT2D eigenvalue weighted by Crippen LogP contribution is -2.29. The number of benzene rings is 1. The van der Waals surface area contributed by atoms with Crippen LogP contribution in [0.2, 0.25) is 0 Å². The van der Waals surface area contributed by atoms with Crippen LogP contribution in [0.3, 0.4) is 0 Å². The van der Waals surface area contributed by atoms with Crippen LogP contribution < -0.4 is 10.6 Å². The van der Waals surface area contributed by atoms with E-state index in [9.17, 15) is 4.79 Å². The molecule has 2 N–H and O–H groups in total. The molecule has 98 valence electrons. The van der Waals surface area contributed by atoms with Gasteiger partial charge in [-0.2, -0.15) is 0 Å².